The summed E-state index contributed by atoms with van der Waals surface area (Å²) in [4.78, 5) is 24.6. The fraction of sp³-hybridized carbons (Fsp3) is 0.211. The number of hydrogen-bond donors (Lipinski definition) is 0. The first-order valence-electron chi connectivity index (χ1n) is 7.96. The highest BCUT2D eigenvalue weighted by Crippen LogP contribution is 2.29. The Hall–Kier alpha value is -2.60. The molecule has 128 valence electrons. The average Bonchev–Trinajstić information content (AvgIpc) is 3.09. The van der Waals surface area contributed by atoms with Crippen molar-refractivity contribution in [2.24, 2.45) is 0 Å². The fourth-order valence-electron chi connectivity index (χ4n) is 2.45. The molecule has 3 aromatic rings. The lowest BCUT2D eigenvalue weighted by atomic mass is 10.2. The summed E-state index contributed by atoms with van der Waals surface area (Å²) in [5, 5.41) is 0. The van der Waals surface area contributed by atoms with E-state index in [-0.39, 0.29) is 17.8 Å². The molecule has 0 bridgehead atoms. The van der Waals surface area contributed by atoms with Crippen LogP contribution in [0.4, 0.5) is 4.39 Å². The molecule has 2 aromatic heterocycles. The van der Waals surface area contributed by atoms with E-state index in [9.17, 15) is 9.18 Å². The molecule has 0 aliphatic heterocycles. The lowest BCUT2D eigenvalue weighted by molar-refractivity contribution is 0.0686. The standard InChI is InChI=1S/C19H18FN3OS/c1-13(2)23(19(24)17-11-21-9-10-22-17)12-16-7-8-18(25-16)14-3-5-15(20)6-4-14/h3-11,13H,12H2,1-2H3. The molecule has 0 atom stereocenters. The number of thiophene rings is 1. The maximum atomic E-state index is 13.1. The van der Waals surface area contributed by atoms with Gasteiger partial charge in [-0.3, -0.25) is 9.78 Å². The van der Waals surface area contributed by atoms with E-state index >= 15 is 0 Å². The topological polar surface area (TPSA) is 46.1 Å². The van der Waals surface area contributed by atoms with Crippen molar-refractivity contribution in [2.75, 3.05) is 0 Å². The number of aromatic nitrogens is 2. The van der Waals surface area contributed by atoms with E-state index < -0.39 is 0 Å². The van der Waals surface area contributed by atoms with Gasteiger partial charge in [0.15, 0.2) is 0 Å². The second-order valence-electron chi connectivity index (χ2n) is 5.89. The smallest absolute Gasteiger partial charge is 0.274 e. The molecule has 0 radical (unpaired) electrons. The molecule has 6 heteroatoms. The van der Waals surface area contributed by atoms with E-state index in [1.54, 1.807) is 34.6 Å². The third-order valence-corrected chi connectivity index (χ3v) is 4.90. The van der Waals surface area contributed by atoms with Crippen LogP contribution in [0.2, 0.25) is 0 Å². The summed E-state index contributed by atoms with van der Waals surface area (Å²) < 4.78 is 13.1. The van der Waals surface area contributed by atoms with Gasteiger partial charge in [0.1, 0.15) is 11.5 Å². The Morgan fingerprint density at radius 1 is 1.16 bits per heavy atom. The molecule has 0 unspecified atom stereocenters. The number of carbonyl (C=O) groups excluding carboxylic acids is 1. The largest absolute Gasteiger partial charge is 0.330 e. The summed E-state index contributed by atoms with van der Waals surface area (Å²) >= 11 is 1.60. The van der Waals surface area contributed by atoms with Crippen LogP contribution in [0.25, 0.3) is 10.4 Å². The highest BCUT2D eigenvalue weighted by molar-refractivity contribution is 7.15. The van der Waals surface area contributed by atoms with E-state index in [2.05, 4.69) is 9.97 Å². The molecule has 3 rings (SSSR count). The summed E-state index contributed by atoms with van der Waals surface area (Å²) in [7, 11) is 0. The fourth-order valence-corrected chi connectivity index (χ4v) is 3.46. The summed E-state index contributed by atoms with van der Waals surface area (Å²) in [5.74, 6) is -0.388. The zero-order valence-corrected chi connectivity index (χ0v) is 14.8. The van der Waals surface area contributed by atoms with Crippen molar-refractivity contribution in [3.05, 3.63) is 71.4 Å². The molecule has 0 spiro atoms. The first-order chi connectivity index (χ1) is 12.0. The second kappa shape index (κ2) is 7.53. The molecule has 0 N–H and O–H groups in total. The van der Waals surface area contributed by atoms with Gasteiger partial charge in [-0.2, -0.15) is 0 Å². The number of nitrogens with zero attached hydrogens (tertiary/aromatic N) is 3. The number of benzene rings is 1. The van der Waals surface area contributed by atoms with Crippen LogP contribution in [0.15, 0.2) is 55.0 Å². The molecule has 1 amide bonds. The van der Waals surface area contributed by atoms with Gasteiger partial charge in [0, 0.05) is 28.2 Å². The van der Waals surface area contributed by atoms with Gasteiger partial charge in [0.05, 0.1) is 12.7 Å². The maximum absolute atomic E-state index is 13.1. The minimum atomic E-state index is -0.249. The third kappa shape index (κ3) is 4.09. The van der Waals surface area contributed by atoms with Gasteiger partial charge in [-0.1, -0.05) is 12.1 Å². The molecule has 2 heterocycles. The predicted molar refractivity (Wildman–Crippen MR) is 96.8 cm³/mol. The van der Waals surface area contributed by atoms with Crippen molar-refractivity contribution in [2.45, 2.75) is 26.4 Å². The van der Waals surface area contributed by atoms with E-state index in [1.807, 2.05) is 26.0 Å². The lowest BCUT2D eigenvalue weighted by Crippen LogP contribution is -2.36. The molecule has 0 saturated carbocycles. The predicted octanol–water partition coefficient (Wildman–Crippen LogP) is 4.40. The number of carbonyl (C=O) groups is 1. The highest BCUT2D eigenvalue weighted by Gasteiger charge is 2.21. The van der Waals surface area contributed by atoms with Crippen molar-refractivity contribution in [1.82, 2.24) is 14.9 Å². The molecule has 4 nitrogen and oxygen atoms in total. The number of halogens is 1. The zero-order valence-electron chi connectivity index (χ0n) is 14.0. The van der Waals surface area contributed by atoms with Crippen molar-refractivity contribution in [3.63, 3.8) is 0 Å². The van der Waals surface area contributed by atoms with E-state index in [0.29, 0.717) is 12.2 Å². The van der Waals surface area contributed by atoms with Crippen molar-refractivity contribution >= 4 is 17.2 Å². The first-order valence-corrected chi connectivity index (χ1v) is 8.78. The SMILES string of the molecule is CC(C)N(Cc1ccc(-c2ccc(F)cc2)s1)C(=O)c1cnccn1. The highest BCUT2D eigenvalue weighted by atomic mass is 32.1. The van der Waals surface area contributed by atoms with Gasteiger partial charge in [0.2, 0.25) is 0 Å². The molecule has 0 aliphatic rings. The van der Waals surface area contributed by atoms with Crippen LogP contribution in [0.3, 0.4) is 0 Å². The molecule has 0 saturated heterocycles. The van der Waals surface area contributed by atoms with Crippen molar-refractivity contribution < 1.29 is 9.18 Å². The van der Waals surface area contributed by atoms with Crippen LogP contribution in [0.5, 0.6) is 0 Å². The minimum Gasteiger partial charge on any atom is -0.330 e. The van der Waals surface area contributed by atoms with Gasteiger partial charge in [-0.15, -0.1) is 11.3 Å². The lowest BCUT2D eigenvalue weighted by Gasteiger charge is -2.25. The summed E-state index contributed by atoms with van der Waals surface area (Å²) in [5.41, 5.74) is 1.31. The molecular weight excluding hydrogens is 337 g/mol. The number of rotatable bonds is 5. The zero-order chi connectivity index (χ0) is 17.8. The minimum absolute atomic E-state index is 0.0332. The van der Waals surface area contributed by atoms with Gasteiger partial charge < -0.3 is 4.90 Å². The summed E-state index contributed by atoms with van der Waals surface area (Å²) in [6.07, 6.45) is 4.55. The van der Waals surface area contributed by atoms with Crippen LogP contribution in [0.1, 0.15) is 29.2 Å². The Morgan fingerprint density at radius 3 is 2.56 bits per heavy atom. The quantitative estimate of drug-likeness (QED) is 0.682. The van der Waals surface area contributed by atoms with Crippen LogP contribution < -0.4 is 0 Å². The van der Waals surface area contributed by atoms with Crippen LogP contribution in [-0.4, -0.2) is 26.8 Å². The second-order valence-corrected chi connectivity index (χ2v) is 7.06. The Bertz CT molecular complexity index is 847. The Labute approximate surface area is 150 Å². The summed E-state index contributed by atoms with van der Waals surface area (Å²) in [6, 6.07) is 10.5. The normalized spacial score (nSPS) is 10.9. The molecule has 0 aliphatic carbocycles. The first kappa shape index (κ1) is 17.2. The van der Waals surface area contributed by atoms with Crippen LogP contribution in [0, 0.1) is 5.82 Å². The van der Waals surface area contributed by atoms with E-state index in [4.69, 9.17) is 0 Å². The third-order valence-electron chi connectivity index (χ3n) is 3.78. The molecular formula is C19H18FN3OS. The van der Waals surface area contributed by atoms with Gasteiger partial charge in [0.25, 0.3) is 5.91 Å². The summed E-state index contributed by atoms with van der Waals surface area (Å²) in [6.45, 7) is 4.45. The van der Waals surface area contributed by atoms with E-state index in [0.717, 1.165) is 15.3 Å². The van der Waals surface area contributed by atoms with Crippen molar-refractivity contribution in [3.8, 4) is 10.4 Å². The van der Waals surface area contributed by atoms with Crippen molar-refractivity contribution in [1.29, 1.82) is 0 Å². The Morgan fingerprint density at radius 2 is 1.92 bits per heavy atom. The Balaban J connectivity index is 1.79. The van der Waals surface area contributed by atoms with E-state index in [1.165, 1.54) is 24.5 Å². The van der Waals surface area contributed by atoms with Gasteiger partial charge in [-0.25, -0.2) is 9.37 Å². The monoisotopic (exact) mass is 355 g/mol. The van der Waals surface area contributed by atoms with Crippen LogP contribution in [-0.2, 0) is 6.54 Å². The molecule has 0 fully saturated rings. The Kier molecular flexibility index (Phi) is 5.19. The van der Waals surface area contributed by atoms with Gasteiger partial charge >= 0.3 is 0 Å². The molecule has 1 aromatic carbocycles. The average molecular weight is 355 g/mol. The number of hydrogen-bond acceptors (Lipinski definition) is 4. The molecule has 25 heavy (non-hydrogen) atoms. The van der Waals surface area contributed by atoms with Gasteiger partial charge in [-0.05, 0) is 43.7 Å². The number of amides is 1. The van der Waals surface area contributed by atoms with Crippen LogP contribution >= 0.6 is 11.3 Å². The maximum Gasteiger partial charge on any atom is 0.274 e.